The zero-order chi connectivity index (χ0) is 8.81. The SMILES string of the molecule is CCCSc1cncc(NN)n1. The molecule has 0 amide bonds. The number of rotatable bonds is 4. The molecule has 1 aromatic rings. The van der Waals surface area contributed by atoms with Crippen molar-refractivity contribution in [2.75, 3.05) is 11.2 Å². The molecule has 4 nitrogen and oxygen atoms in total. The number of nitrogens with two attached hydrogens (primary N) is 1. The number of hydrogen-bond acceptors (Lipinski definition) is 5. The van der Waals surface area contributed by atoms with E-state index in [0.717, 1.165) is 17.2 Å². The summed E-state index contributed by atoms with van der Waals surface area (Å²) < 4.78 is 0. The molecule has 0 spiro atoms. The van der Waals surface area contributed by atoms with Crippen LogP contribution in [0.2, 0.25) is 0 Å². The van der Waals surface area contributed by atoms with Crippen molar-refractivity contribution in [3.63, 3.8) is 0 Å². The van der Waals surface area contributed by atoms with Crippen molar-refractivity contribution in [1.82, 2.24) is 9.97 Å². The van der Waals surface area contributed by atoms with Crippen LogP contribution in [0.5, 0.6) is 0 Å². The van der Waals surface area contributed by atoms with Gasteiger partial charge in [0.25, 0.3) is 0 Å². The number of anilines is 1. The molecule has 1 aromatic heterocycles. The molecule has 1 rings (SSSR count). The second kappa shape index (κ2) is 4.95. The van der Waals surface area contributed by atoms with E-state index in [0.29, 0.717) is 5.82 Å². The van der Waals surface area contributed by atoms with E-state index in [1.165, 1.54) is 0 Å². The van der Waals surface area contributed by atoms with Crippen molar-refractivity contribution in [3.8, 4) is 0 Å². The Labute approximate surface area is 75.9 Å². The number of hydrogen-bond donors (Lipinski definition) is 2. The molecule has 0 aliphatic carbocycles. The lowest BCUT2D eigenvalue weighted by atomic mass is 10.6. The van der Waals surface area contributed by atoms with Crippen LogP contribution in [-0.2, 0) is 0 Å². The van der Waals surface area contributed by atoms with Gasteiger partial charge >= 0.3 is 0 Å². The van der Waals surface area contributed by atoms with E-state index in [4.69, 9.17) is 5.84 Å². The maximum Gasteiger partial charge on any atom is 0.159 e. The summed E-state index contributed by atoms with van der Waals surface area (Å²) in [5.74, 6) is 6.85. The number of hydrazine groups is 1. The Morgan fingerprint density at radius 2 is 2.42 bits per heavy atom. The lowest BCUT2D eigenvalue weighted by Crippen LogP contribution is -2.08. The molecule has 1 heterocycles. The quantitative estimate of drug-likeness (QED) is 0.419. The maximum absolute atomic E-state index is 5.19. The average molecular weight is 184 g/mol. The summed E-state index contributed by atoms with van der Waals surface area (Å²) in [7, 11) is 0. The number of nitrogens with zero attached hydrogens (tertiary/aromatic N) is 2. The van der Waals surface area contributed by atoms with Gasteiger partial charge in [0, 0.05) is 0 Å². The van der Waals surface area contributed by atoms with Gasteiger partial charge in [0.15, 0.2) is 5.82 Å². The fourth-order valence-electron chi connectivity index (χ4n) is 0.694. The van der Waals surface area contributed by atoms with Crippen LogP contribution in [0, 0.1) is 0 Å². The van der Waals surface area contributed by atoms with E-state index in [1.807, 2.05) is 0 Å². The molecule has 0 atom stereocenters. The summed E-state index contributed by atoms with van der Waals surface area (Å²) in [5.41, 5.74) is 2.46. The standard InChI is InChI=1S/C7H12N4S/c1-2-3-12-7-5-9-4-6(10-7)11-8/h4-5H,2-3,8H2,1H3,(H,10,11). The summed E-state index contributed by atoms with van der Waals surface area (Å²) >= 11 is 1.68. The monoisotopic (exact) mass is 184 g/mol. The Morgan fingerprint density at radius 1 is 1.58 bits per heavy atom. The van der Waals surface area contributed by atoms with Crippen LogP contribution < -0.4 is 11.3 Å². The van der Waals surface area contributed by atoms with E-state index < -0.39 is 0 Å². The molecule has 0 bridgehead atoms. The Balaban J connectivity index is 2.60. The van der Waals surface area contributed by atoms with Gasteiger partial charge in [-0.2, -0.15) is 0 Å². The minimum absolute atomic E-state index is 0.608. The molecular formula is C7H12N4S. The van der Waals surface area contributed by atoms with Crippen molar-refractivity contribution in [3.05, 3.63) is 12.4 Å². The number of nitrogens with one attached hydrogen (secondary N) is 1. The van der Waals surface area contributed by atoms with E-state index in [2.05, 4.69) is 22.3 Å². The molecule has 0 radical (unpaired) electrons. The van der Waals surface area contributed by atoms with Crippen molar-refractivity contribution >= 4 is 17.6 Å². The summed E-state index contributed by atoms with van der Waals surface area (Å²) in [4.78, 5) is 8.18. The molecule has 3 N–H and O–H groups in total. The van der Waals surface area contributed by atoms with Crippen molar-refractivity contribution in [2.45, 2.75) is 18.4 Å². The molecule has 0 saturated heterocycles. The number of aromatic nitrogens is 2. The van der Waals surface area contributed by atoms with Gasteiger partial charge in [-0.25, -0.2) is 10.8 Å². The van der Waals surface area contributed by atoms with Crippen LogP contribution in [0.1, 0.15) is 13.3 Å². The molecule has 0 aliphatic heterocycles. The zero-order valence-corrected chi connectivity index (χ0v) is 7.77. The summed E-state index contributed by atoms with van der Waals surface area (Å²) in [6, 6.07) is 0. The van der Waals surface area contributed by atoms with Crippen molar-refractivity contribution in [2.24, 2.45) is 5.84 Å². The lowest BCUT2D eigenvalue weighted by Gasteiger charge is -2.00. The van der Waals surface area contributed by atoms with Crippen LogP contribution >= 0.6 is 11.8 Å². The highest BCUT2D eigenvalue weighted by Crippen LogP contribution is 2.15. The first kappa shape index (κ1) is 9.28. The summed E-state index contributed by atoms with van der Waals surface area (Å²) in [6.45, 7) is 2.13. The van der Waals surface area contributed by atoms with E-state index >= 15 is 0 Å². The fraction of sp³-hybridized carbons (Fsp3) is 0.429. The predicted molar refractivity (Wildman–Crippen MR) is 50.9 cm³/mol. The first-order valence-electron chi connectivity index (χ1n) is 3.78. The average Bonchev–Trinajstić information content (AvgIpc) is 2.15. The summed E-state index contributed by atoms with van der Waals surface area (Å²) in [5, 5.41) is 0.910. The topological polar surface area (TPSA) is 63.8 Å². The second-order valence-corrected chi connectivity index (χ2v) is 3.35. The molecule has 12 heavy (non-hydrogen) atoms. The first-order chi connectivity index (χ1) is 5.86. The minimum atomic E-state index is 0.608. The normalized spacial score (nSPS) is 9.83. The third kappa shape index (κ3) is 2.67. The highest BCUT2D eigenvalue weighted by Gasteiger charge is 1.96. The van der Waals surface area contributed by atoms with E-state index in [9.17, 15) is 0 Å². The van der Waals surface area contributed by atoms with Gasteiger partial charge in [-0.15, -0.1) is 11.8 Å². The lowest BCUT2D eigenvalue weighted by molar-refractivity contribution is 1.03. The molecule has 5 heteroatoms. The molecular weight excluding hydrogens is 172 g/mol. The summed E-state index contributed by atoms with van der Waals surface area (Å²) in [6.07, 6.45) is 4.46. The zero-order valence-electron chi connectivity index (χ0n) is 6.95. The van der Waals surface area contributed by atoms with Gasteiger partial charge < -0.3 is 5.43 Å². The Hall–Kier alpha value is -0.810. The van der Waals surface area contributed by atoms with Crippen LogP contribution in [-0.4, -0.2) is 15.7 Å². The maximum atomic E-state index is 5.19. The van der Waals surface area contributed by atoms with E-state index in [-0.39, 0.29) is 0 Å². The van der Waals surface area contributed by atoms with Gasteiger partial charge in [0.1, 0.15) is 5.03 Å². The first-order valence-corrected chi connectivity index (χ1v) is 4.77. The van der Waals surface area contributed by atoms with Gasteiger partial charge in [-0.3, -0.25) is 4.98 Å². The Bertz CT molecular complexity index is 241. The smallest absolute Gasteiger partial charge is 0.159 e. The van der Waals surface area contributed by atoms with Crippen LogP contribution in [0.4, 0.5) is 5.82 Å². The minimum Gasteiger partial charge on any atom is -0.307 e. The van der Waals surface area contributed by atoms with E-state index in [1.54, 1.807) is 24.2 Å². The molecule has 0 aromatic carbocycles. The molecule has 0 aliphatic rings. The van der Waals surface area contributed by atoms with Gasteiger partial charge in [0.05, 0.1) is 12.4 Å². The molecule has 66 valence electrons. The highest BCUT2D eigenvalue weighted by atomic mass is 32.2. The molecule has 0 unspecified atom stereocenters. The van der Waals surface area contributed by atoms with Gasteiger partial charge in [0.2, 0.25) is 0 Å². The Kier molecular flexibility index (Phi) is 3.83. The third-order valence-electron chi connectivity index (χ3n) is 1.21. The predicted octanol–water partition coefficient (Wildman–Crippen LogP) is 1.26. The highest BCUT2D eigenvalue weighted by molar-refractivity contribution is 7.99. The van der Waals surface area contributed by atoms with Crippen molar-refractivity contribution < 1.29 is 0 Å². The van der Waals surface area contributed by atoms with Crippen molar-refractivity contribution in [1.29, 1.82) is 0 Å². The molecule has 0 saturated carbocycles. The van der Waals surface area contributed by atoms with Gasteiger partial charge in [-0.1, -0.05) is 6.92 Å². The third-order valence-corrected chi connectivity index (χ3v) is 2.32. The van der Waals surface area contributed by atoms with Gasteiger partial charge in [-0.05, 0) is 12.2 Å². The number of thioether (sulfide) groups is 1. The fourth-order valence-corrected chi connectivity index (χ4v) is 1.41. The van der Waals surface area contributed by atoms with Crippen LogP contribution in [0.25, 0.3) is 0 Å². The van der Waals surface area contributed by atoms with Crippen LogP contribution in [0.3, 0.4) is 0 Å². The van der Waals surface area contributed by atoms with Crippen LogP contribution in [0.15, 0.2) is 17.4 Å². The second-order valence-electron chi connectivity index (χ2n) is 2.24. The Morgan fingerprint density at radius 3 is 3.08 bits per heavy atom. The largest absolute Gasteiger partial charge is 0.307 e. The molecule has 0 fully saturated rings. The number of nitrogen functional groups attached to an aromatic ring is 1.